The monoisotopic (exact) mass is 533 g/mol. The minimum absolute atomic E-state index is 0.134. The summed E-state index contributed by atoms with van der Waals surface area (Å²) in [5.41, 5.74) is 1.29. The predicted molar refractivity (Wildman–Crippen MR) is 136 cm³/mol. The molecule has 0 saturated heterocycles. The van der Waals surface area contributed by atoms with Gasteiger partial charge in [-0.1, -0.05) is 58.5 Å². The summed E-state index contributed by atoms with van der Waals surface area (Å²) in [6.07, 6.45) is 1.38. The van der Waals surface area contributed by atoms with Crippen LogP contribution in [-0.2, 0) is 9.59 Å². The van der Waals surface area contributed by atoms with Crippen LogP contribution in [0.4, 0.5) is 11.4 Å². The Morgan fingerprint density at radius 3 is 2.32 bits per heavy atom. The van der Waals surface area contributed by atoms with Crippen molar-refractivity contribution in [2.45, 2.75) is 0 Å². The molecule has 0 aromatic heterocycles. The summed E-state index contributed by atoms with van der Waals surface area (Å²) in [7, 11) is 0. The quantitative estimate of drug-likeness (QED) is 0.256. The molecule has 0 bridgehead atoms. The van der Waals surface area contributed by atoms with E-state index in [9.17, 15) is 14.9 Å². The van der Waals surface area contributed by atoms with Gasteiger partial charge in [0.2, 0.25) is 0 Å². The molecule has 34 heavy (non-hydrogen) atoms. The van der Waals surface area contributed by atoms with Gasteiger partial charge in [-0.3, -0.25) is 9.59 Å². The van der Waals surface area contributed by atoms with Crippen molar-refractivity contribution in [1.29, 1.82) is 5.26 Å². The van der Waals surface area contributed by atoms with Gasteiger partial charge in [-0.05, 0) is 60.2 Å². The molecule has 0 saturated carbocycles. The Balaban J connectivity index is 1.63. The number of carbonyl (C=O) groups excluding carboxylic acids is 2. The second-order valence-electron chi connectivity index (χ2n) is 6.79. The second-order valence-corrected chi connectivity index (χ2v) is 8.45. The van der Waals surface area contributed by atoms with Crippen molar-refractivity contribution in [3.05, 3.63) is 91.9 Å². The molecular weight excluding hydrogens is 520 g/mol. The van der Waals surface area contributed by atoms with Crippen molar-refractivity contribution in [3.8, 4) is 11.8 Å². The summed E-state index contributed by atoms with van der Waals surface area (Å²) >= 11 is 23.9. The lowest BCUT2D eigenvalue weighted by atomic mass is 10.1. The molecule has 3 aromatic rings. The van der Waals surface area contributed by atoms with Gasteiger partial charge in [0.25, 0.3) is 11.8 Å². The minimum atomic E-state index is -0.597. The predicted octanol–water partition coefficient (Wildman–Crippen LogP) is 6.86. The topological polar surface area (TPSA) is 91.2 Å². The molecule has 0 aliphatic carbocycles. The molecule has 0 radical (unpaired) electrons. The maximum atomic E-state index is 12.4. The van der Waals surface area contributed by atoms with Gasteiger partial charge in [-0.25, -0.2) is 0 Å². The Kier molecular flexibility index (Phi) is 8.80. The maximum absolute atomic E-state index is 12.4. The zero-order valence-electron chi connectivity index (χ0n) is 17.2. The van der Waals surface area contributed by atoms with Gasteiger partial charge in [0, 0.05) is 16.4 Å². The molecule has 172 valence electrons. The number of hydrogen-bond acceptors (Lipinski definition) is 4. The standard InChI is InChI=1S/C24H15Cl4N3O3/c25-16-2-1-3-17(10-16)31-24(33)15(12-29)8-14-4-7-22(21(28)9-14)34-13-23(32)30-18-5-6-19(26)20(27)11-18/h1-11H,13H2,(H,30,32)(H,31,33)/b15-8-. The summed E-state index contributed by atoms with van der Waals surface area (Å²) < 4.78 is 5.47. The molecule has 6 nitrogen and oxygen atoms in total. The van der Waals surface area contributed by atoms with Crippen LogP contribution in [-0.4, -0.2) is 18.4 Å². The van der Waals surface area contributed by atoms with Crippen molar-refractivity contribution in [1.82, 2.24) is 0 Å². The Hall–Kier alpha value is -3.21. The van der Waals surface area contributed by atoms with E-state index in [2.05, 4.69) is 10.6 Å². The number of benzene rings is 3. The Bertz CT molecular complexity index is 1320. The van der Waals surface area contributed by atoms with Crippen LogP contribution in [0.5, 0.6) is 5.75 Å². The van der Waals surface area contributed by atoms with Crippen molar-refractivity contribution >= 4 is 75.7 Å². The van der Waals surface area contributed by atoms with E-state index in [0.717, 1.165) is 0 Å². The van der Waals surface area contributed by atoms with Crippen LogP contribution in [0.1, 0.15) is 5.56 Å². The highest BCUT2D eigenvalue weighted by atomic mass is 35.5. The number of anilines is 2. The molecule has 0 aliphatic heterocycles. The van der Waals surface area contributed by atoms with E-state index in [1.165, 1.54) is 24.3 Å². The lowest BCUT2D eigenvalue weighted by molar-refractivity contribution is -0.118. The Morgan fingerprint density at radius 1 is 0.882 bits per heavy atom. The highest BCUT2D eigenvalue weighted by Gasteiger charge is 2.12. The number of ether oxygens (including phenoxy) is 1. The van der Waals surface area contributed by atoms with Crippen LogP contribution in [0.15, 0.2) is 66.2 Å². The molecule has 3 aromatic carbocycles. The lowest BCUT2D eigenvalue weighted by Gasteiger charge is -2.10. The van der Waals surface area contributed by atoms with Gasteiger partial charge in [-0.15, -0.1) is 0 Å². The van der Waals surface area contributed by atoms with Gasteiger partial charge >= 0.3 is 0 Å². The number of halogens is 4. The average Bonchev–Trinajstić information content (AvgIpc) is 2.79. The molecule has 0 fully saturated rings. The SMILES string of the molecule is N#C/C(=C/c1ccc(OCC(=O)Nc2ccc(Cl)c(Cl)c2)c(Cl)c1)C(=O)Nc1cccc(Cl)c1. The fourth-order valence-corrected chi connectivity index (χ4v) is 3.45. The highest BCUT2D eigenvalue weighted by Crippen LogP contribution is 2.27. The van der Waals surface area contributed by atoms with E-state index < -0.39 is 11.8 Å². The average molecular weight is 535 g/mol. The largest absolute Gasteiger partial charge is 0.482 e. The maximum Gasteiger partial charge on any atom is 0.266 e. The van der Waals surface area contributed by atoms with Crippen LogP contribution >= 0.6 is 46.4 Å². The van der Waals surface area contributed by atoms with Gasteiger partial charge in [0.1, 0.15) is 17.4 Å². The zero-order valence-corrected chi connectivity index (χ0v) is 20.3. The van der Waals surface area contributed by atoms with Crippen molar-refractivity contribution < 1.29 is 14.3 Å². The number of nitrogens with zero attached hydrogens (tertiary/aromatic N) is 1. The van der Waals surface area contributed by atoms with E-state index in [1.54, 1.807) is 42.5 Å². The van der Waals surface area contributed by atoms with Gasteiger partial charge < -0.3 is 15.4 Å². The van der Waals surface area contributed by atoms with Gasteiger partial charge in [0.15, 0.2) is 6.61 Å². The fourth-order valence-electron chi connectivity index (χ4n) is 2.72. The molecule has 0 unspecified atom stereocenters. The van der Waals surface area contributed by atoms with E-state index >= 15 is 0 Å². The first-order valence-electron chi connectivity index (χ1n) is 9.61. The molecule has 2 N–H and O–H groups in total. The van der Waals surface area contributed by atoms with Crippen LogP contribution in [0.3, 0.4) is 0 Å². The second kappa shape index (κ2) is 11.8. The smallest absolute Gasteiger partial charge is 0.266 e. The molecule has 10 heteroatoms. The number of carbonyl (C=O) groups is 2. The summed E-state index contributed by atoms with van der Waals surface area (Å²) in [4.78, 5) is 24.6. The number of nitrogens with one attached hydrogen (secondary N) is 2. The van der Waals surface area contributed by atoms with Crippen LogP contribution in [0.25, 0.3) is 6.08 Å². The van der Waals surface area contributed by atoms with E-state index in [0.29, 0.717) is 32.0 Å². The van der Waals surface area contributed by atoms with E-state index in [-0.39, 0.29) is 23.0 Å². The van der Waals surface area contributed by atoms with Crippen molar-refractivity contribution in [2.24, 2.45) is 0 Å². The summed E-state index contributed by atoms with van der Waals surface area (Å²) in [6.45, 7) is -0.305. The summed E-state index contributed by atoms with van der Waals surface area (Å²) in [5, 5.41) is 16.0. The summed E-state index contributed by atoms with van der Waals surface area (Å²) in [5.74, 6) is -0.770. The normalized spacial score (nSPS) is 10.9. The Morgan fingerprint density at radius 2 is 1.65 bits per heavy atom. The molecule has 3 rings (SSSR count). The van der Waals surface area contributed by atoms with E-state index in [1.807, 2.05) is 6.07 Å². The molecule has 0 heterocycles. The first kappa shape index (κ1) is 25.4. The zero-order chi connectivity index (χ0) is 24.7. The molecular formula is C24H15Cl4N3O3. The Labute approximate surface area is 215 Å². The lowest BCUT2D eigenvalue weighted by Crippen LogP contribution is -2.20. The first-order valence-corrected chi connectivity index (χ1v) is 11.1. The van der Waals surface area contributed by atoms with E-state index in [4.69, 9.17) is 51.1 Å². The van der Waals surface area contributed by atoms with Gasteiger partial charge in [-0.2, -0.15) is 5.26 Å². The first-order chi connectivity index (χ1) is 16.2. The third kappa shape index (κ3) is 7.14. The molecule has 0 aliphatic rings. The third-order valence-corrected chi connectivity index (χ3v) is 5.55. The van der Waals surface area contributed by atoms with Crippen LogP contribution < -0.4 is 15.4 Å². The third-order valence-electron chi connectivity index (χ3n) is 4.28. The number of rotatable bonds is 7. The fraction of sp³-hybridized carbons (Fsp3) is 0.0417. The number of hydrogen-bond donors (Lipinski definition) is 2. The number of amides is 2. The van der Waals surface area contributed by atoms with Crippen LogP contribution in [0.2, 0.25) is 20.1 Å². The van der Waals surface area contributed by atoms with Crippen molar-refractivity contribution in [3.63, 3.8) is 0 Å². The summed E-state index contributed by atoms with van der Waals surface area (Å²) in [6, 6.07) is 17.8. The molecule has 0 atom stereocenters. The van der Waals surface area contributed by atoms with Crippen molar-refractivity contribution in [2.75, 3.05) is 17.2 Å². The highest BCUT2D eigenvalue weighted by molar-refractivity contribution is 6.42. The van der Waals surface area contributed by atoms with Crippen LogP contribution in [0, 0.1) is 11.3 Å². The van der Waals surface area contributed by atoms with Gasteiger partial charge in [0.05, 0.1) is 15.1 Å². The minimum Gasteiger partial charge on any atom is -0.482 e. The molecule has 0 spiro atoms. The molecule has 2 amide bonds. The number of nitriles is 1.